The average Bonchev–Trinajstić information content (AvgIpc) is 2.17. The summed E-state index contributed by atoms with van der Waals surface area (Å²) in [7, 11) is 0. The molecule has 0 radical (unpaired) electrons. The first-order valence-corrected chi connectivity index (χ1v) is 5.07. The van der Waals surface area contributed by atoms with E-state index in [9.17, 15) is 4.79 Å². The van der Waals surface area contributed by atoms with E-state index < -0.39 is 0 Å². The van der Waals surface area contributed by atoms with E-state index in [1.54, 1.807) is 19.1 Å². The molecule has 0 aliphatic heterocycles. The van der Waals surface area contributed by atoms with Crippen molar-refractivity contribution in [3.8, 4) is 0 Å². The SMILES string of the molecule is C=Cc1ccc(C(=O)OCC)c(Br)c1. The first kappa shape index (κ1) is 11.0. The van der Waals surface area contributed by atoms with Crippen molar-refractivity contribution >= 4 is 28.0 Å². The highest BCUT2D eigenvalue weighted by molar-refractivity contribution is 9.10. The van der Waals surface area contributed by atoms with E-state index in [0.717, 1.165) is 10.0 Å². The normalized spacial score (nSPS) is 9.57. The molecule has 14 heavy (non-hydrogen) atoms. The molecule has 0 unspecified atom stereocenters. The molecule has 0 saturated heterocycles. The molecule has 0 bridgehead atoms. The monoisotopic (exact) mass is 254 g/mol. The summed E-state index contributed by atoms with van der Waals surface area (Å²) in [5.74, 6) is -0.310. The van der Waals surface area contributed by atoms with Gasteiger partial charge in [-0.25, -0.2) is 4.79 Å². The number of carbonyl (C=O) groups excluding carboxylic acids is 1. The molecular formula is C11H11BrO2. The summed E-state index contributed by atoms with van der Waals surface area (Å²) >= 11 is 3.31. The van der Waals surface area contributed by atoms with E-state index in [4.69, 9.17) is 4.74 Å². The third kappa shape index (κ3) is 2.45. The summed E-state index contributed by atoms with van der Waals surface area (Å²) in [6, 6.07) is 5.38. The summed E-state index contributed by atoms with van der Waals surface area (Å²) in [6.45, 7) is 5.81. The van der Waals surface area contributed by atoms with Gasteiger partial charge in [0.2, 0.25) is 0 Å². The summed E-state index contributed by atoms with van der Waals surface area (Å²) in [4.78, 5) is 11.4. The van der Waals surface area contributed by atoms with Gasteiger partial charge in [-0.3, -0.25) is 0 Å². The fourth-order valence-corrected chi connectivity index (χ4v) is 1.59. The lowest BCUT2D eigenvalue weighted by molar-refractivity contribution is 0.0525. The van der Waals surface area contributed by atoms with Crippen LogP contribution >= 0.6 is 15.9 Å². The van der Waals surface area contributed by atoms with Gasteiger partial charge in [0.15, 0.2) is 0 Å². The molecule has 74 valence electrons. The van der Waals surface area contributed by atoms with Crippen molar-refractivity contribution in [2.75, 3.05) is 6.61 Å². The maximum atomic E-state index is 11.4. The Balaban J connectivity index is 2.99. The Kier molecular flexibility index (Phi) is 3.89. The van der Waals surface area contributed by atoms with Crippen LogP contribution in [0, 0.1) is 0 Å². The molecule has 0 heterocycles. The Labute approximate surface area is 91.7 Å². The van der Waals surface area contributed by atoms with Crippen LogP contribution in [-0.2, 0) is 4.74 Å². The number of benzene rings is 1. The van der Waals surface area contributed by atoms with Crippen molar-refractivity contribution in [2.45, 2.75) is 6.92 Å². The molecule has 0 spiro atoms. The van der Waals surface area contributed by atoms with Crippen LogP contribution in [0.15, 0.2) is 29.3 Å². The highest BCUT2D eigenvalue weighted by Gasteiger charge is 2.10. The van der Waals surface area contributed by atoms with E-state index in [1.807, 2.05) is 12.1 Å². The van der Waals surface area contributed by atoms with Gasteiger partial charge >= 0.3 is 5.97 Å². The molecule has 0 aliphatic rings. The lowest BCUT2D eigenvalue weighted by Crippen LogP contribution is -2.05. The van der Waals surface area contributed by atoms with Gasteiger partial charge in [-0.1, -0.05) is 18.7 Å². The average molecular weight is 255 g/mol. The van der Waals surface area contributed by atoms with Crippen molar-refractivity contribution in [2.24, 2.45) is 0 Å². The van der Waals surface area contributed by atoms with Gasteiger partial charge in [-0.05, 0) is 40.5 Å². The van der Waals surface area contributed by atoms with Crippen molar-refractivity contribution in [1.82, 2.24) is 0 Å². The van der Waals surface area contributed by atoms with Crippen LogP contribution in [0.4, 0.5) is 0 Å². The second-order valence-corrected chi connectivity index (χ2v) is 3.52. The number of hydrogen-bond acceptors (Lipinski definition) is 2. The minimum absolute atomic E-state index is 0.310. The Morgan fingerprint density at radius 3 is 2.86 bits per heavy atom. The zero-order chi connectivity index (χ0) is 10.6. The molecule has 1 aromatic rings. The third-order valence-corrected chi connectivity index (χ3v) is 2.38. The molecule has 0 aromatic heterocycles. The van der Waals surface area contributed by atoms with Gasteiger partial charge in [-0.15, -0.1) is 0 Å². The first-order valence-electron chi connectivity index (χ1n) is 4.28. The maximum Gasteiger partial charge on any atom is 0.339 e. The van der Waals surface area contributed by atoms with Gasteiger partial charge in [0.05, 0.1) is 12.2 Å². The molecule has 0 atom stereocenters. The van der Waals surface area contributed by atoms with Crippen LogP contribution in [0.3, 0.4) is 0 Å². The number of esters is 1. The molecule has 2 nitrogen and oxygen atoms in total. The van der Waals surface area contributed by atoms with E-state index in [1.165, 1.54) is 0 Å². The van der Waals surface area contributed by atoms with E-state index in [0.29, 0.717) is 12.2 Å². The van der Waals surface area contributed by atoms with E-state index in [2.05, 4.69) is 22.5 Å². The third-order valence-electron chi connectivity index (χ3n) is 1.72. The summed E-state index contributed by atoms with van der Waals surface area (Å²) in [5, 5.41) is 0. The van der Waals surface area contributed by atoms with Crippen molar-refractivity contribution < 1.29 is 9.53 Å². The van der Waals surface area contributed by atoms with E-state index in [-0.39, 0.29) is 5.97 Å². The van der Waals surface area contributed by atoms with Crippen LogP contribution in [-0.4, -0.2) is 12.6 Å². The summed E-state index contributed by atoms with van der Waals surface area (Å²) < 4.78 is 5.62. The Hall–Kier alpha value is -1.09. The van der Waals surface area contributed by atoms with Crippen molar-refractivity contribution in [3.05, 3.63) is 40.4 Å². The molecule has 1 rings (SSSR count). The number of halogens is 1. The minimum atomic E-state index is -0.310. The number of hydrogen-bond donors (Lipinski definition) is 0. The molecule has 0 saturated carbocycles. The van der Waals surface area contributed by atoms with Gasteiger partial charge in [-0.2, -0.15) is 0 Å². The fourth-order valence-electron chi connectivity index (χ4n) is 1.03. The van der Waals surface area contributed by atoms with E-state index >= 15 is 0 Å². The topological polar surface area (TPSA) is 26.3 Å². The number of ether oxygens (including phenoxy) is 1. The lowest BCUT2D eigenvalue weighted by atomic mass is 10.1. The molecular weight excluding hydrogens is 244 g/mol. The van der Waals surface area contributed by atoms with Crippen LogP contribution in [0.5, 0.6) is 0 Å². The van der Waals surface area contributed by atoms with Crippen LogP contribution in [0.25, 0.3) is 6.08 Å². The predicted octanol–water partition coefficient (Wildman–Crippen LogP) is 3.27. The number of carbonyl (C=O) groups is 1. The molecule has 1 aromatic carbocycles. The molecule has 0 fully saturated rings. The van der Waals surface area contributed by atoms with Gasteiger partial charge < -0.3 is 4.74 Å². The Morgan fingerprint density at radius 1 is 1.64 bits per heavy atom. The zero-order valence-corrected chi connectivity index (χ0v) is 9.50. The molecule has 0 aliphatic carbocycles. The Morgan fingerprint density at radius 2 is 2.36 bits per heavy atom. The molecule has 0 N–H and O–H groups in total. The zero-order valence-electron chi connectivity index (χ0n) is 7.92. The minimum Gasteiger partial charge on any atom is -0.462 e. The summed E-state index contributed by atoms with van der Waals surface area (Å²) in [5.41, 5.74) is 1.50. The largest absolute Gasteiger partial charge is 0.462 e. The second-order valence-electron chi connectivity index (χ2n) is 2.66. The number of rotatable bonds is 3. The lowest BCUT2D eigenvalue weighted by Gasteiger charge is -2.04. The van der Waals surface area contributed by atoms with Gasteiger partial charge in [0, 0.05) is 4.47 Å². The maximum absolute atomic E-state index is 11.4. The van der Waals surface area contributed by atoms with Gasteiger partial charge in [0.1, 0.15) is 0 Å². The predicted molar refractivity (Wildman–Crippen MR) is 60.2 cm³/mol. The smallest absolute Gasteiger partial charge is 0.339 e. The van der Waals surface area contributed by atoms with Crippen LogP contribution in [0.1, 0.15) is 22.8 Å². The van der Waals surface area contributed by atoms with Crippen molar-refractivity contribution in [1.29, 1.82) is 0 Å². The van der Waals surface area contributed by atoms with Crippen LogP contribution < -0.4 is 0 Å². The van der Waals surface area contributed by atoms with Crippen LogP contribution in [0.2, 0.25) is 0 Å². The highest BCUT2D eigenvalue weighted by atomic mass is 79.9. The molecule has 3 heteroatoms. The second kappa shape index (κ2) is 4.96. The Bertz CT molecular complexity index is 358. The fraction of sp³-hybridized carbons (Fsp3) is 0.182. The van der Waals surface area contributed by atoms with Gasteiger partial charge in [0.25, 0.3) is 0 Å². The summed E-state index contributed by atoms with van der Waals surface area (Å²) in [6.07, 6.45) is 1.72. The molecule has 0 amide bonds. The first-order chi connectivity index (χ1) is 6.69. The standard InChI is InChI=1S/C11H11BrO2/c1-3-8-5-6-9(10(12)7-8)11(13)14-4-2/h3,5-7H,1,4H2,2H3. The quantitative estimate of drug-likeness (QED) is 0.775. The highest BCUT2D eigenvalue weighted by Crippen LogP contribution is 2.20. The van der Waals surface area contributed by atoms with Crippen molar-refractivity contribution in [3.63, 3.8) is 0 Å².